The normalized spacial score (nSPS) is 19.6. The van der Waals surface area contributed by atoms with Gasteiger partial charge < -0.3 is 10.4 Å². The Kier molecular flexibility index (Phi) is 5.76. The molecule has 6 nitrogen and oxygen atoms in total. The van der Waals surface area contributed by atoms with E-state index >= 15 is 0 Å². The maximum atomic E-state index is 13.4. The first-order valence-electron chi connectivity index (χ1n) is 12.6. The second-order valence-corrected chi connectivity index (χ2v) is 11.9. The van der Waals surface area contributed by atoms with Crippen LogP contribution in [0.1, 0.15) is 55.7 Å². The quantitative estimate of drug-likeness (QED) is 0.286. The molecule has 0 fully saturated rings. The van der Waals surface area contributed by atoms with E-state index in [0.717, 1.165) is 34.4 Å². The van der Waals surface area contributed by atoms with Crippen LogP contribution in [0.3, 0.4) is 0 Å². The standard InChI is InChI=1S/C31H28N2O4S/c1-18-7-12-23(15-19(18)2)33-38(36,37)24-13-14-28-26(17-24)29-25-6-4-3-5-22(25)16-27(29)30(32-28)20-8-10-21(11-9-20)31(34)35/h3-15,17,27,29-30,32-33H,16H2,1-2H3,(H,34,35)/t27-,29-,30+/m1/s1. The van der Waals surface area contributed by atoms with Gasteiger partial charge in [-0.15, -0.1) is 0 Å². The molecular formula is C31H28N2O4S. The Hall–Kier alpha value is -4.10. The lowest BCUT2D eigenvalue weighted by molar-refractivity contribution is 0.0697. The zero-order chi connectivity index (χ0) is 26.6. The number of sulfonamides is 1. The fourth-order valence-corrected chi connectivity index (χ4v) is 6.97. The summed E-state index contributed by atoms with van der Waals surface area (Å²) in [7, 11) is -3.79. The molecule has 3 N–H and O–H groups in total. The van der Waals surface area contributed by atoms with E-state index in [9.17, 15) is 18.3 Å². The highest BCUT2D eigenvalue weighted by atomic mass is 32.2. The van der Waals surface area contributed by atoms with Gasteiger partial charge >= 0.3 is 5.97 Å². The second kappa shape index (κ2) is 9.03. The van der Waals surface area contributed by atoms with E-state index in [1.165, 1.54) is 11.1 Å². The molecule has 1 aliphatic carbocycles. The number of nitrogens with one attached hydrogen (secondary N) is 2. The van der Waals surface area contributed by atoms with Gasteiger partial charge in [-0.2, -0.15) is 0 Å². The number of aryl methyl sites for hydroxylation is 2. The maximum absolute atomic E-state index is 13.4. The Bertz CT molecular complexity index is 1680. The van der Waals surface area contributed by atoms with Crippen molar-refractivity contribution in [2.45, 2.75) is 37.1 Å². The van der Waals surface area contributed by atoms with Gasteiger partial charge in [0.25, 0.3) is 10.0 Å². The molecule has 4 aromatic rings. The molecule has 0 aromatic heterocycles. The van der Waals surface area contributed by atoms with Gasteiger partial charge in [0.2, 0.25) is 0 Å². The minimum atomic E-state index is -3.79. The number of hydrogen-bond acceptors (Lipinski definition) is 4. The summed E-state index contributed by atoms with van der Waals surface area (Å²) in [6.45, 7) is 3.95. The fourth-order valence-electron chi connectivity index (χ4n) is 5.89. The summed E-state index contributed by atoms with van der Waals surface area (Å²) in [5, 5.41) is 13.0. The monoisotopic (exact) mass is 524 g/mol. The van der Waals surface area contributed by atoms with Crippen LogP contribution in [-0.4, -0.2) is 19.5 Å². The molecule has 2 aliphatic rings. The summed E-state index contributed by atoms with van der Waals surface area (Å²) >= 11 is 0. The van der Waals surface area contributed by atoms with Crippen LogP contribution >= 0.6 is 0 Å². The third-order valence-electron chi connectivity index (χ3n) is 7.96. The van der Waals surface area contributed by atoms with Crippen molar-refractivity contribution in [3.05, 3.63) is 124 Å². The predicted molar refractivity (Wildman–Crippen MR) is 148 cm³/mol. The van der Waals surface area contributed by atoms with Gasteiger partial charge in [-0.05, 0) is 102 Å². The van der Waals surface area contributed by atoms with E-state index in [0.29, 0.717) is 5.69 Å². The molecule has 7 heteroatoms. The lowest BCUT2D eigenvalue weighted by atomic mass is 9.75. The number of anilines is 2. The summed E-state index contributed by atoms with van der Waals surface area (Å²) in [4.78, 5) is 11.6. The molecular weight excluding hydrogens is 496 g/mol. The van der Waals surface area contributed by atoms with E-state index in [4.69, 9.17) is 0 Å². The lowest BCUT2D eigenvalue weighted by Crippen LogP contribution is -2.30. The van der Waals surface area contributed by atoms with Crippen molar-refractivity contribution in [2.24, 2.45) is 5.92 Å². The summed E-state index contributed by atoms with van der Waals surface area (Å²) in [6.07, 6.45) is 0.844. The van der Waals surface area contributed by atoms with E-state index in [1.54, 1.807) is 30.3 Å². The molecule has 0 saturated carbocycles. The third kappa shape index (κ3) is 4.13. The van der Waals surface area contributed by atoms with Crippen molar-refractivity contribution in [3.63, 3.8) is 0 Å². The maximum Gasteiger partial charge on any atom is 0.335 e. The van der Waals surface area contributed by atoms with Gasteiger partial charge in [-0.1, -0.05) is 42.5 Å². The minimum absolute atomic E-state index is 0.0170. The zero-order valence-corrected chi connectivity index (χ0v) is 21.9. The molecule has 6 rings (SSSR count). The summed E-state index contributed by atoms with van der Waals surface area (Å²) in [5.41, 5.74) is 8.24. The van der Waals surface area contributed by atoms with Gasteiger partial charge in [0.15, 0.2) is 0 Å². The lowest BCUT2D eigenvalue weighted by Gasteiger charge is -2.38. The Morgan fingerprint density at radius 1 is 0.895 bits per heavy atom. The molecule has 1 heterocycles. The van der Waals surface area contributed by atoms with Gasteiger partial charge in [-0.3, -0.25) is 4.72 Å². The van der Waals surface area contributed by atoms with Crippen LogP contribution in [0, 0.1) is 19.8 Å². The van der Waals surface area contributed by atoms with Crippen LogP contribution in [-0.2, 0) is 16.4 Å². The van der Waals surface area contributed by atoms with Crippen molar-refractivity contribution >= 4 is 27.4 Å². The Morgan fingerprint density at radius 3 is 2.39 bits per heavy atom. The minimum Gasteiger partial charge on any atom is -0.478 e. The summed E-state index contributed by atoms with van der Waals surface area (Å²) in [6, 6.07) is 26.1. The number of carboxylic acids is 1. The van der Waals surface area contributed by atoms with E-state index < -0.39 is 16.0 Å². The second-order valence-electron chi connectivity index (χ2n) is 10.2. The van der Waals surface area contributed by atoms with Crippen LogP contribution in [0.15, 0.2) is 89.8 Å². The SMILES string of the molecule is Cc1ccc(NS(=O)(=O)c2ccc3c(c2)[C@H]2c4ccccc4C[C@H]2[C@H](c2ccc(C(=O)O)cc2)N3)cc1C. The highest BCUT2D eigenvalue weighted by Crippen LogP contribution is 2.54. The van der Waals surface area contributed by atoms with Gasteiger partial charge in [0.05, 0.1) is 16.5 Å². The van der Waals surface area contributed by atoms with Crippen molar-refractivity contribution in [3.8, 4) is 0 Å². The van der Waals surface area contributed by atoms with Gasteiger partial charge in [-0.25, -0.2) is 13.2 Å². The van der Waals surface area contributed by atoms with Crippen molar-refractivity contribution in [1.29, 1.82) is 0 Å². The Labute approximate surface area is 222 Å². The number of carbonyl (C=O) groups is 1. The van der Waals surface area contributed by atoms with E-state index in [1.807, 2.05) is 56.3 Å². The van der Waals surface area contributed by atoms with Gasteiger partial charge in [0, 0.05) is 17.3 Å². The van der Waals surface area contributed by atoms with Crippen LogP contribution in [0.2, 0.25) is 0 Å². The first kappa shape index (κ1) is 24.2. The molecule has 0 bridgehead atoms. The smallest absolute Gasteiger partial charge is 0.335 e. The topological polar surface area (TPSA) is 95.5 Å². The van der Waals surface area contributed by atoms with Crippen LogP contribution in [0.5, 0.6) is 0 Å². The molecule has 0 unspecified atom stereocenters. The molecule has 0 radical (unpaired) electrons. The molecule has 38 heavy (non-hydrogen) atoms. The number of benzene rings is 4. The third-order valence-corrected chi connectivity index (χ3v) is 9.34. The van der Waals surface area contributed by atoms with Crippen molar-refractivity contribution in [2.75, 3.05) is 10.0 Å². The Morgan fingerprint density at radius 2 is 1.66 bits per heavy atom. The van der Waals surface area contributed by atoms with Crippen molar-refractivity contribution in [1.82, 2.24) is 0 Å². The number of hydrogen-bond donors (Lipinski definition) is 3. The van der Waals surface area contributed by atoms with Gasteiger partial charge in [0.1, 0.15) is 0 Å². The molecule has 0 spiro atoms. The van der Waals surface area contributed by atoms with Crippen LogP contribution in [0.4, 0.5) is 11.4 Å². The predicted octanol–water partition coefficient (Wildman–Crippen LogP) is 6.27. The number of carboxylic acid groups (broad SMARTS) is 1. The number of aromatic carboxylic acids is 1. The fraction of sp³-hybridized carbons (Fsp3) is 0.194. The van der Waals surface area contributed by atoms with Crippen LogP contribution in [0.25, 0.3) is 0 Å². The van der Waals surface area contributed by atoms with E-state index in [2.05, 4.69) is 22.2 Å². The molecule has 4 aromatic carbocycles. The molecule has 0 amide bonds. The zero-order valence-electron chi connectivity index (χ0n) is 21.1. The first-order chi connectivity index (χ1) is 18.2. The summed E-state index contributed by atoms with van der Waals surface area (Å²) < 4.78 is 29.6. The molecule has 192 valence electrons. The number of rotatable bonds is 5. The molecule has 0 saturated heterocycles. The van der Waals surface area contributed by atoms with E-state index in [-0.39, 0.29) is 28.3 Å². The Balaban J connectivity index is 1.41. The first-order valence-corrected chi connectivity index (χ1v) is 14.1. The average molecular weight is 525 g/mol. The molecule has 1 aliphatic heterocycles. The highest BCUT2D eigenvalue weighted by Gasteiger charge is 2.43. The largest absolute Gasteiger partial charge is 0.478 e. The van der Waals surface area contributed by atoms with Crippen LogP contribution < -0.4 is 10.0 Å². The van der Waals surface area contributed by atoms with Crippen molar-refractivity contribution < 1.29 is 18.3 Å². The summed E-state index contributed by atoms with van der Waals surface area (Å²) in [5.74, 6) is -0.780. The molecule has 3 atom stereocenters. The average Bonchev–Trinajstić information content (AvgIpc) is 3.30. The highest BCUT2D eigenvalue weighted by molar-refractivity contribution is 7.92. The number of fused-ring (bicyclic) bond motifs is 5.